The number of ketones is 1. The van der Waals surface area contributed by atoms with Gasteiger partial charge in [0, 0.05) is 12.5 Å². The van der Waals surface area contributed by atoms with E-state index in [2.05, 4.69) is 20.4 Å². The summed E-state index contributed by atoms with van der Waals surface area (Å²) in [6.07, 6.45) is 4.85. The van der Waals surface area contributed by atoms with Gasteiger partial charge in [0.15, 0.2) is 5.78 Å². The third kappa shape index (κ3) is 4.22. The topological polar surface area (TPSA) is 52.6 Å². The van der Waals surface area contributed by atoms with Crippen molar-refractivity contribution in [2.75, 3.05) is 13.2 Å². The first-order chi connectivity index (χ1) is 9.40. The molecule has 0 aromatic carbocycles. The van der Waals surface area contributed by atoms with Crippen molar-refractivity contribution >= 4 is 11.8 Å². The Labute approximate surface area is 120 Å². The van der Waals surface area contributed by atoms with Crippen molar-refractivity contribution in [3.63, 3.8) is 0 Å². The summed E-state index contributed by atoms with van der Waals surface area (Å²) in [4.78, 5) is 24.4. The number of carbonyl (C=O) groups is 2. The Kier molecular flexibility index (Phi) is 5.99. The van der Waals surface area contributed by atoms with Gasteiger partial charge >= 0.3 is 5.97 Å². The summed E-state index contributed by atoms with van der Waals surface area (Å²) in [6.45, 7) is 9.95. The van der Waals surface area contributed by atoms with Gasteiger partial charge in [0.1, 0.15) is 12.0 Å². The molecule has 1 unspecified atom stereocenters. The third-order valence-corrected chi connectivity index (χ3v) is 3.32. The van der Waals surface area contributed by atoms with E-state index in [0.717, 1.165) is 6.42 Å². The van der Waals surface area contributed by atoms with Gasteiger partial charge < -0.3 is 9.47 Å². The number of rotatable bonds is 6. The van der Waals surface area contributed by atoms with Gasteiger partial charge in [-0.3, -0.25) is 9.59 Å². The monoisotopic (exact) mass is 280 g/mol. The Hall–Kier alpha value is -1.58. The molecule has 4 nitrogen and oxygen atoms in total. The van der Waals surface area contributed by atoms with Crippen LogP contribution in [0.15, 0.2) is 24.5 Å². The summed E-state index contributed by atoms with van der Waals surface area (Å²) in [6, 6.07) is 0. The Bertz CT molecular complexity index is 409. The molecule has 1 aliphatic rings. The second kappa shape index (κ2) is 7.27. The lowest BCUT2D eigenvalue weighted by molar-refractivity contribution is -0.157. The first-order valence-electron chi connectivity index (χ1n) is 7.06. The molecule has 0 saturated carbocycles. The van der Waals surface area contributed by atoms with Gasteiger partial charge in [-0.25, -0.2) is 0 Å². The van der Waals surface area contributed by atoms with Gasteiger partial charge in [-0.15, -0.1) is 0 Å². The van der Waals surface area contributed by atoms with Crippen LogP contribution in [0.2, 0.25) is 0 Å². The molecule has 0 aliphatic heterocycles. The first-order valence-corrected chi connectivity index (χ1v) is 7.06. The van der Waals surface area contributed by atoms with Gasteiger partial charge in [-0.05, 0) is 25.7 Å². The van der Waals surface area contributed by atoms with Crippen LogP contribution in [-0.4, -0.2) is 25.0 Å². The fraction of sp³-hybridized carbons (Fsp3) is 0.625. The molecule has 4 heteroatoms. The van der Waals surface area contributed by atoms with Crippen molar-refractivity contribution < 1.29 is 19.1 Å². The predicted octanol–water partition coefficient (Wildman–Crippen LogP) is 3.03. The van der Waals surface area contributed by atoms with E-state index in [4.69, 9.17) is 9.47 Å². The van der Waals surface area contributed by atoms with E-state index >= 15 is 0 Å². The molecule has 0 heterocycles. The van der Waals surface area contributed by atoms with Crippen LogP contribution < -0.4 is 0 Å². The van der Waals surface area contributed by atoms with E-state index in [1.54, 1.807) is 6.92 Å². The van der Waals surface area contributed by atoms with Gasteiger partial charge in [0.25, 0.3) is 0 Å². The normalized spacial score (nSPS) is 23.0. The minimum absolute atomic E-state index is 0.127. The molecule has 0 N–H and O–H groups in total. The molecule has 0 radical (unpaired) electrons. The van der Waals surface area contributed by atoms with E-state index < -0.39 is 11.4 Å². The molecule has 1 atom stereocenters. The summed E-state index contributed by atoms with van der Waals surface area (Å²) >= 11 is 0. The Balaban J connectivity index is 2.78. The zero-order chi connectivity index (χ0) is 15.2. The molecule has 0 aromatic heterocycles. The molecule has 1 aliphatic carbocycles. The van der Waals surface area contributed by atoms with E-state index in [1.165, 1.54) is 12.2 Å². The Morgan fingerprint density at radius 3 is 2.85 bits per heavy atom. The SMILES string of the molecule is C=CCOC(=O)C1(C)CCCC(OCC(C)C)=CC1=O. The summed E-state index contributed by atoms with van der Waals surface area (Å²) in [5.74, 6) is 0.355. The van der Waals surface area contributed by atoms with Crippen LogP contribution in [0.4, 0.5) is 0 Å². The Morgan fingerprint density at radius 2 is 2.25 bits per heavy atom. The van der Waals surface area contributed by atoms with Crippen molar-refractivity contribution in [1.29, 1.82) is 0 Å². The van der Waals surface area contributed by atoms with E-state index in [-0.39, 0.29) is 12.4 Å². The molecule has 0 aromatic rings. The van der Waals surface area contributed by atoms with Gasteiger partial charge in [-0.2, -0.15) is 0 Å². The summed E-state index contributed by atoms with van der Waals surface area (Å²) in [5.41, 5.74) is -1.11. The molecule has 112 valence electrons. The quantitative estimate of drug-likeness (QED) is 0.426. The van der Waals surface area contributed by atoms with Crippen LogP contribution in [0, 0.1) is 11.3 Å². The number of esters is 1. The standard InChI is InChI=1S/C16H24O4/c1-5-9-19-15(18)16(4)8-6-7-13(10-14(16)17)20-11-12(2)3/h5,10,12H,1,6-9,11H2,2-4H3. The molecular formula is C16H24O4. The highest BCUT2D eigenvalue weighted by molar-refractivity contribution is 6.09. The highest BCUT2D eigenvalue weighted by atomic mass is 16.5. The molecule has 0 saturated heterocycles. The third-order valence-electron chi connectivity index (χ3n) is 3.32. The maximum Gasteiger partial charge on any atom is 0.320 e. The molecule has 0 amide bonds. The zero-order valence-corrected chi connectivity index (χ0v) is 12.6. The molecule has 0 spiro atoms. The van der Waals surface area contributed by atoms with E-state index in [1.807, 2.05) is 0 Å². The average molecular weight is 280 g/mol. The summed E-state index contributed by atoms with van der Waals surface area (Å²) in [5, 5.41) is 0. The lowest BCUT2D eigenvalue weighted by Gasteiger charge is -2.22. The molecule has 0 fully saturated rings. The highest BCUT2D eigenvalue weighted by Gasteiger charge is 2.42. The van der Waals surface area contributed by atoms with E-state index in [9.17, 15) is 9.59 Å². The second-order valence-electron chi connectivity index (χ2n) is 5.75. The lowest BCUT2D eigenvalue weighted by atomic mass is 9.82. The number of allylic oxidation sites excluding steroid dienone is 2. The molecule has 1 rings (SSSR count). The Morgan fingerprint density at radius 1 is 1.55 bits per heavy atom. The van der Waals surface area contributed by atoms with Crippen molar-refractivity contribution in [1.82, 2.24) is 0 Å². The number of hydrogen-bond acceptors (Lipinski definition) is 4. The number of ether oxygens (including phenoxy) is 2. The van der Waals surface area contributed by atoms with Crippen molar-refractivity contribution in [3.8, 4) is 0 Å². The smallest absolute Gasteiger partial charge is 0.320 e. The van der Waals surface area contributed by atoms with Crippen LogP contribution in [-0.2, 0) is 19.1 Å². The van der Waals surface area contributed by atoms with Gasteiger partial charge in [-0.1, -0.05) is 26.5 Å². The highest BCUT2D eigenvalue weighted by Crippen LogP contribution is 2.32. The average Bonchev–Trinajstić information content (AvgIpc) is 2.54. The zero-order valence-electron chi connectivity index (χ0n) is 12.6. The van der Waals surface area contributed by atoms with Crippen LogP contribution in [0.1, 0.15) is 40.0 Å². The van der Waals surface area contributed by atoms with E-state index in [0.29, 0.717) is 31.1 Å². The molecule has 0 bridgehead atoms. The van der Waals surface area contributed by atoms with Crippen LogP contribution in [0.3, 0.4) is 0 Å². The van der Waals surface area contributed by atoms with Crippen molar-refractivity contribution in [3.05, 3.63) is 24.5 Å². The maximum absolute atomic E-state index is 12.3. The first kappa shape index (κ1) is 16.5. The second-order valence-corrected chi connectivity index (χ2v) is 5.75. The number of carbonyl (C=O) groups excluding carboxylic acids is 2. The number of hydrogen-bond donors (Lipinski definition) is 0. The van der Waals surface area contributed by atoms with Crippen LogP contribution in [0.5, 0.6) is 0 Å². The minimum Gasteiger partial charge on any atom is -0.498 e. The fourth-order valence-corrected chi connectivity index (χ4v) is 2.00. The lowest BCUT2D eigenvalue weighted by Crippen LogP contribution is -2.36. The van der Waals surface area contributed by atoms with Crippen LogP contribution in [0.25, 0.3) is 0 Å². The molecular weight excluding hydrogens is 256 g/mol. The summed E-state index contributed by atoms with van der Waals surface area (Å²) in [7, 11) is 0. The minimum atomic E-state index is -1.11. The molecule has 20 heavy (non-hydrogen) atoms. The maximum atomic E-state index is 12.3. The fourth-order valence-electron chi connectivity index (χ4n) is 2.00. The summed E-state index contributed by atoms with van der Waals surface area (Å²) < 4.78 is 10.7. The largest absolute Gasteiger partial charge is 0.498 e. The van der Waals surface area contributed by atoms with Gasteiger partial charge in [0.05, 0.1) is 12.4 Å². The van der Waals surface area contributed by atoms with Crippen molar-refractivity contribution in [2.24, 2.45) is 11.3 Å². The van der Waals surface area contributed by atoms with Gasteiger partial charge in [0.2, 0.25) is 0 Å². The van der Waals surface area contributed by atoms with Crippen LogP contribution >= 0.6 is 0 Å². The van der Waals surface area contributed by atoms with Crippen molar-refractivity contribution in [2.45, 2.75) is 40.0 Å². The predicted molar refractivity (Wildman–Crippen MR) is 77.0 cm³/mol.